The molecule has 1 atom stereocenters. The summed E-state index contributed by atoms with van der Waals surface area (Å²) in [6.45, 7) is 0.877. The number of nitrogens with one attached hydrogen (secondary N) is 1. The molecule has 0 spiro atoms. The second kappa shape index (κ2) is 6.11. The third-order valence-electron chi connectivity index (χ3n) is 3.56. The second-order valence-corrected chi connectivity index (χ2v) is 6.30. The molecule has 3 rings (SSSR count). The van der Waals surface area contributed by atoms with E-state index in [2.05, 4.69) is 35.7 Å². The minimum absolute atomic E-state index is 0.530. The molecule has 3 nitrogen and oxygen atoms in total. The van der Waals surface area contributed by atoms with Gasteiger partial charge in [0.1, 0.15) is 5.75 Å². The molecule has 0 amide bonds. The quantitative estimate of drug-likeness (QED) is 0.934. The monoisotopic (exact) mass is 296 g/mol. The van der Waals surface area contributed by atoms with Crippen molar-refractivity contribution in [2.75, 3.05) is 19.0 Å². The van der Waals surface area contributed by atoms with Crippen molar-refractivity contribution in [1.82, 2.24) is 0 Å². The fourth-order valence-corrected chi connectivity index (χ4v) is 3.75. The lowest BCUT2D eigenvalue weighted by Crippen LogP contribution is -2.16. The van der Waals surface area contributed by atoms with Crippen molar-refractivity contribution in [3.05, 3.63) is 53.6 Å². The largest absolute Gasteiger partial charge is 0.495 e. The average Bonchev–Trinajstić information content (AvgIpc) is 2.95. The molecule has 1 aliphatic rings. The van der Waals surface area contributed by atoms with Crippen molar-refractivity contribution >= 4 is 17.4 Å². The van der Waals surface area contributed by atoms with Crippen LogP contribution in [0.4, 0.5) is 5.69 Å². The Hall–Kier alpha value is -2.12. The lowest BCUT2D eigenvalue weighted by molar-refractivity contribution is 0.416. The second-order valence-electron chi connectivity index (χ2n) is 4.96. The standard InChI is InChI=1S/C17H16N2OS/c1-20-16-8-12(10-18)6-7-15(16)19-11-14-9-13-4-2-3-5-17(13)21-14/h2-8,14,19H,9,11H2,1H3. The Morgan fingerprint density at radius 2 is 2.19 bits per heavy atom. The predicted molar refractivity (Wildman–Crippen MR) is 86.0 cm³/mol. The van der Waals surface area contributed by atoms with Gasteiger partial charge >= 0.3 is 0 Å². The van der Waals surface area contributed by atoms with Crippen molar-refractivity contribution in [2.45, 2.75) is 16.6 Å². The van der Waals surface area contributed by atoms with Gasteiger partial charge in [0.2, 0.25) is 0 Å². The lowest BCUT2D eigenvalue weighted by Gasteiger charge is -2.14. The number of nitriles is 1. The Bertz CT molecular complexity index is 668. The number of methoxy groups -OCH3 is 1. The highest BCUT2D eigenvalue weighted by Gasteiger charge is 2.21. The van der Waals surface area contributed by atoms with E-state index < -0.39 is 0 Å². The van der Waals surface area contributed by atoms with Crippen molar-refractivity contribution in [2.24, 2.45) is 0 Å². The first kappa shape index (κ1) is 13.8. The van der Waals surface area contributed by atoms with Crippen molar-refractivity contribution in [3.63, 3.8) is 0 Å². The number of thioether (sulfide) groups is 1. The van der Waals surface area contributed by atoms with Gasteiger partial charge in [-0.25, -0.2) is 0 Å². The third kappa shape index (κ3) is 2.98. The molecule has 0 saturated heterocycles. The van der Waals surface area contributed by atoms with E-state index in [9.17, 15) is 0 Å². The van der Waals surface area contributed by atoms with Crippen LogP contribution < -0.4 is 10.1 Å². The summed E-state index contributed by atoms with van der Waals surface area (Å²) in [6.07, 6.45) is 1.09. The molecule has 21 heavy (non-hydrogen) atoms. The first-order chi connectivity index (χ1) is 10.3. The molecule has 0 radical (unpaired) electrons. The van der Waals surface area contributed by atoms with Gasteiger partial charge in [0.15, 0.2) is 0 Å². The highest BCUT2D eigenvalue weighted by molar-refractivity contribution is 8.00. The minimum atomic E-state index is 0.530. The summed E-state index contributed by atoms with van der Waals surface area (Å²) in [6, 6.07) is 16.2. The summed E-state index contributed by atoms with van der Waals surface area (Å²) in [7, 11) is 1.63. The molecule has 0 aliphatic carbocycles. The molecule has 0 fully saturated rings. The van der Waals surface area contributed by atoms with Gasteiger partial charge in [-0.2, -0.15) is 5.26 Å². The zero-order chi connectivity index (χ0) is 14.7. The number of rotatable bonds is 4. The maximum absolute atomic E-state index is 8.92. The Morgan fingerprint density at radius 3 is 2.95 bits per heavy atom. The van der Waals surface area contributed by atoms with Crippen LogP contribution in [0.1, 0.15) is 11.1 Å². The molecular formula is C17H16N2OS. The fourth-order valence-electron chi connectivity index (χ4n) is 2.50. The Labute approximate surface area is 128 Å². The Morgan fingerprint density at radius 1 is 1.33 bits per heavy atom. The van der Waals surface area contributed by atoms with E-state index in [1.165, 1.54) is 10.5 Å². The molecule has 106 valence electrons. The van der Waals surface area contributed by atoms with Gasteiger partial charge in [0, 0.05) is 22.8 Å². The van der Waals surface area contributed by atoms with E-state index in [4.69, 9.17) is 10.00 Å². The number of anilines is 1. The molecule has 2 aromatic carbocycles. The molecule has 1 N–H and O–H groups in total. The summed E-state index contributed by atoms with van der Waals surface area (Å²) in [4.78, 5) is 1.39. The average molecular weight is 296 g/mol. The number of fused-ring (bicyclic) bond motifs is 1. The van der Waals surface area contributed by atoms with Gasteiger partial charge in [0.25, 0.3) is 0 Å². The van der Waals surface area contributed by atoms with E-state index in [0.29, 0.717) is 10.8 Å². The zero-order valence-electron chi connectivity index (χ0n) is 11.8. The molecule has 0 saturated carbocycles. The molecule has 0 aromatic heterocycles. The van der Waals surface area contributed by atoms with E-state index in [-0.39, 0.29) is 0 Å². The number of ether oxygens (including phenoxy) is 1. The van der Waals surface area contributed by atoms with E-state index in [1.807, 2.05) is 17.8 Å². The van der Waals surface area contributed by atoms with Crippen LogP contribution in [0.25, 0.3) is 0 Å². The first-order valence-corrected chi connectivity index (χ1v) is 7.74. The number of hydrogen-bond acceptors (Lipinski definition) is 4. The number of benzene rings is 2. The van der Waals surface area contributed by atoms with Crippen LogP contribution in [0, 0.1) is 11.3 Å². The maximum Gasteiger partial charge on any atom is 0.143 e. The third-order valence-corrected chi connectivity index (χ3v) is 4.88. The van der Waals surface area contributed by atoms with Gasteiger partial charge in [-0.1, -0.05) is 18.2 Å². The summed E-state index contributed by atoms with van der Waals surface area (Å²) in [5.74, 6) is 0.717. The molecule has 0 bridgehead atoms. The zero-order valence-corrected chi connectivity index (χ0v) is 12.6. The normalized spacial score (nSPS) is 16.1. The van der Waals surface area contributed by atoms with Crippen LogP contribution in [-0.2, 0) is 6.42 Å². The van der Waals surface area contributed by atoms with Crippen molar-refractivity contribution in [1.29, 1.82) is 5.26 Å². The van der Waals surface area contributed by atoms with Crippen LogP contribution in [0.2, 0.25) is 0 Å². The Balaban J connectivity index is 1.66. The van der Waals surface area contributed by atoms with Crippen molar-refractivity contribution in [3.8, 4) is 11.8 Å². The van der Waals surface area contributed by atoms with E-state index >= 15 is 0 Å². The topological polar surface area (TPSA) is 45.0 Å². The smallest absolute Gasteiger partial charge is 0.143 e. The minimum Gasteiger partial charge on any atom is -0.495 e. The Kier molecular flexibility index (Phi) is 4.03. The van der Waals surface area contributed by atoms with Crippen LogP contribution in [0.3, 0.4) is 0 Å². The van der Waals surface area contributed by atoms with Crippen LogP contribution in [0.5, 0.6) is 5.75 Å². The van der Waals surface area contributed by atoms with Crippen LogP contribution >= 0.6 is 11.8 Å². The van der Waals surface area contributed by atoms with Crippen LogP contribution in [0.15, 0.2) is 47.4 Å². The first-order valence-electron chi connectivity index (χ1n) is 6.86. The predicted octanol–water partition coefficient (Wildman–Crippen LogP) is 3.70. The number of hydrogen-bond donors (Lipinski definition) is 1. The maximum atomic E-state index is 8.92. The highest BCUT2D eigenvalue weighted by Crippen LogP contribution is 2.37. The molecule has 1 unspecified atom stereocenters. The lowest BCUT2D eigenvalue weighted by atomic mass is 10.1. The number of nitrogens with zero attached hydrogens (tertiary/aromatic N) is 1. The molecule has 1 heterocycles. The summed E-state index contributed by atoms with van der Waals surface area (Å²) >= 11 is 1.92. The van der Waals surface area contributed by atoms with Gasteiger partial charge < -0.3 is 10.1 Å². The summed E-state index contributed by atoms with van der Waals surface area (Å²) in [5, 5.41) is 12.9. The molecule has 1 aliphatic heterocycles. The highest BCUT2D eigenvalue weighted by atomic mass is 32.2. The fraction of sp³-hybridized carbons (Fsp3) is 0.235. The van der Waals surface area contributed by atoms with Gasteiger partial charge in [-0.05, 0) is 30.2 Å². The summed E-state index contributed by atoms with van der Waals surface area (Å²) in [5.41, 5.74) is 2.98. The van der Waals surface area contributed by atoms with Gasteiger partial charge in [-0.3, -0.25) is 0 Å². The van der Waals surface area contributed by atoms with Gasteiger partial charge in [-0.15, -0.1) is 11.8 Å². The van der Waals surface area contributed by atoms with Crippen LogP contribution in [-0.4, -0.2) is 18.9 Å². The molecule has 2 aromatic rings. The SMILES string of the molecule is COc1cc(C#N)ccc1NCC1Cc2ccccc2S1. The van der Waals surface area contributed by atoms with Gasteiger partial charge in [0.05, 0.1) is 24.4 Å². The van der Waals surface area contributed by atoms with E-state index in [0.717, 1.165) is 24.4 Å². The summed E-state index contributed by atoms with van der Waals surface area (Å²) < 4.78 is 5.34. The van der Waals surface area contributed by atoms with E-state index in [1.54, 1.807) is 19.2 Å². The molecular weight excluding hydrogens is 280 g/mol. The molecule has 4 heteroatoms. The van der Waals surface area contributed by atoms with Crippen molar-refractivity contribution < 1.29 is 4.74 Å².